The van der Waals surface area contributed by atoms with Crippen LogP contribution in [0.2, 0.25) is 0 Å². The van der Waals surface area contributed by atoms with Gasteiger partial charge in [-0.25, -0.2) is 0 Å². The Bertz CT molecular complexity index is 193. The summed E-state index contributed by atoms with van der Waals surface area (Å²) in [4.78, 5) is 11.2. The first-order valence-electron chi connectivity index (χ1n) is 4.86. The minimum atomic E-state index is 0.172. The Morgan fingerprint density at radius 1 is 1.58 bits per heavy atom. The van der Waals surface area contributed by atoms with E-state index < -0.39 is 0 Å². The van der Waals surface area contributed by atoms with E-state index in [2.05, 4.69) is 26.0 Å². The van der Waals surface area contributed by atoms with Gasteiger partial charge in [-0.2, -0.15) is 0 Å². The van der Waals surface area contributed by atoms with Crippen molar-refractivity contribution in [1.29, 1.82) is 0 Å². The molecule has 1 rings (SSSR count). The number of carbonyl (C=O) groups excluding carboxylic acids is 1. The lowest BCUT2D eigenvalue weighted by molar-refractivity contribution is -0.122. The first-order chi connectivity index (χ1) is 5.66. The summed E-state index contributed by atoms with van der Waals surface area (Å²) in [5.41, 5.74) is 0.172. The van der Waals surface area contributed by atoms with Gasteiger partial charge in [0.15, 0.2) is 0 Å². The number of rotatable bonds is 2. The van der Waals surface area contributed by atoms with Gasteiger partial charge in [-0.3, -0.25) is 4.79 Å². The highest BCUT2D eigenvalue weighted by Crippen LogP contribution is 2.35. The van der Waals surface area contributed by atoms with Crippen LogP contribution in [0.15, 0.2) is 12.2 Å². The van der Waals surface area contributed by atoms with Crippen molar-refractivity contribution >= 4 is 5.78 Å². The molecule has 0 aromatic heterocycles. The van der Waals surface area contributed by atoms with Crippen LogP contribution in [0.5, 0.6) is 0 Å². The van der Waals surface area contributed by atoms with Gasteiger partial charge in [0.05, 0.1) is 0 Å². The molecule has 68 valence electrons. The normalized spacial score (nSPS) is 31.3. The van der Waals surface area contributed by atoms with E-state index in [9.17, 15) is 4.79 Å². The maximum Gasteiger partial charge on any atom is 0.133 e. The molecular formula is C11H18O. The summed E-state index contributed by atoms with van der Waals surface area (Å²) in [6, 6.07) is 0. The third-order valence-corrected chi connectivity index (χ3v) is 2.56. The fraction of sp³-hybridized carbons (Fsp3) is 0.727. The van der Waals surface area contributed by atoms with Crippen LogP contribution in [-0.4, -0.2) is 5.78 Å². The average Bonchev–Trinajstić information content (AvgIpc) is 2.01. The van der Waals surface area contributed by atoms with Crippen molar-refractivity contribution in [1.82, 2.24) is 0 Å². The molecule has 0 saturated heterocycles. The summed E-state index contributed by atoms with van der Waals surface area (Å²) in [6.07, 6.45) is 9.28. The highest BCUT2D eigenvalue weighted by Gasteiger charge is 2.28. The molecule has 1 saturated carbocycles. The molecule has 0 aromatic rings. The molecule has 0 heterocycles. The molecule has 1 atom stereocenters. The van der Waals surface area contributed by atoms with Gasteiger partial charge in [-0.15, -0.1) is 0 Å². The Hall–Kier alpha value is -0.590. The lowest BCUT2D eigenvalue weighted by Crippen LogP contribution is -2.23. The van der Waals surface area contributed by atoms with E-state index in [0.29, 0.717) is 5.78 Å². The Kier molecular flexibility index (Phi) is 3.07. The van der Waals surface area contributed by atoms with Crippen molar-refractivity contribution in [3.63, 3.8) is 0 Å². The molecule has 1 aliphatic rings. The molecule has 1 unspecified atom stereocenters. The molecule has 0 bridgehead atoms. The zero-order valence-electron chi connectivity index (χ0n) is 8.10. The van der Waals surface area contributed by atoms with E-state index in [1.54, 1.807) is 0 Å². The monoisotopic (exact) mass is 166 g/mol. The van der Waals surface area contributed by atoms with Gasteiger partial charge in [0.25, 0.3) is 0 Å². The Labute approximate surface area is 74.9 Å². The number of carbonyl (C=O) groups is 1. The second-order valence-corrected chi connectivity index (χ2v) is 4.03. The molecule has 0 amide bonds. The van der Waals surface area contributed by atoms with Crippen molar-refractivity contribution in [3.8, 4) is 0 Å². The highest BCUT2D eigenvalue weighted by atomic mass is 16.1. The fourth-order valence-electron chi connectivity index (χ4n) is 1.86. The van der Waals surface area contributed by atoms with Crippen molar-refractivity contribution in [2.45, 2.75) is 46.0 Å². The van der Waals surface area contributed by atoms with Gasteiger partial charge < -0.3 is 0 Å². The molecule has 1 fully saturated rings. The standard InChI is InChI=1S/C11H18O/c1-3-4-7-11(2)8-5-6-10(12)9-11/h4,7H,3,5-6,8-9H2,1-2H3/b7-4-. The van der Waals surface area contributed by atoms with Gasteiger partial charge in [0.2, 0.25) is 0 Å². The summed E-state index contributed by atoms with van der Waals surface area (Å²) in [7, 11) is 0. The highest BCUT2D eigenvalue weighted by molar-refractivity contribution is 5.80. The van der Waals surface area contributed by atoms with Crippen molar-refractivity contribution in [2.24, 2.45) is 5.41 Å². The minimum Gasteiger partial charge on any atom is -0.300 e. The van der Waals surface area contributed by atoms with Crippen LogP contribution < -0.4 is 0 Å². The second kappa shape index (κ2) is 3.88. The minimum absolute atomic E-state index is 0.172. The quantitative estimate of drug-likeness (QED) is 0.576. The SMILES string of the molecule is CC/C=C\C1(C)CCCC(=O)C1. The van der Waals surface area contributed by atoms with Crippen LogP contribution in [-0.2, 0) is 4.79 Å². The Balaban J connectivity index is 2.57. The zero-order valence-corrected chi connectivity index (χ0v) is 8.10. The third-order valence-electron chi connectivity index (χ3n) is 2.56. The second-order valence-electron chi connectivity index (χ2n) is 4.03. The van der Waals surface area contributed by atoms with Crippen LogP contribution in [0.1, 0.15) is 46.0 Å². The predicted octanol–water partition coefficient (Wildman–Crippen LogP) is 3.10. The van der Waals surface area contributed by atoms with Crippen LogP contribution in [0.4, 0.5) is 0 Å². The maximum absolute atomic E-state index is 11.2. The van der Waals surface area contributed by atoms with Gasteiger partial charge in [-0.1, -0.05) is 26.0 Å². The number of ketones is 1. The van der Waals surface area contributed by atoms with Crippen molar-refractivity contribution in [3.05, 3.63) is 12.2 Å². The molecule has 0 spiro atoms. The predicted molar refractivity (Wildman–Crippen MR) is 51.0 cm³/mol. The summed E-state index contributed by atoms with van der Waals surface area (Å²) >= 11 is 0. The zero-order chi connectivity index (χ0) is 9.03. The summed E-state index contributed by atoms with van der Waals surface area (Å²) in [5, 5.41) is 0. The Morgan fingerprint density at radius 2 is 2.33 bits per heavy atom. The van der Waals surface area contributed by atoms with E-state index in [0.717, 1.165) is 25.7 Å². The summed E-state index contributed by atoms with van der Waals surface area (Å²) < 4.78 is 0. The summed E-state index contributed by atoms with van der Waals surface area (Å²) in [6.45, 7) is 4.32. The van der Waals surface area contributed by atoms with E-state index >= 15 is 0 Å². The van der Waals surface area contributed by atoms with Crippen LogP contribution in [0.25, 0.3) is 0 Å². The number of Topliss-reactive ketones (excluding diaryl/α,β-unsaturated/α-hetero) is 1. The molecule has 12 heavy (non-hydrogen) atoms. The number of hydrogen-bond acceptors (Lipinski definition) is 1. The van der Waals surface area contributed by atoms with E-state index in [4.69, 9.17) is 0 Å². The number of hydrogen-bond donors (Lipinski definition) is 0. The van der Waals surface area contributed by atoms with Crippen molar-refractivity contribution in [2.75, 3.05) is 0 Å². The molecule has 0 N–H and O–H groups in total. The van der Waals surface area contributed by atoms with Gasteiger partial charge >= 0.3 is 0 Å². The van der Waals surface area contributed by atoms with Crippen LogP contribution in [0.3, 0.4) is 0 Å². The molecule has 0 aromatic carbocycles. The molecule has 1 nitrogen and oxygen atoms in total. The van der Waals surface area contributed by atoms with E-state index in [-0.39, 0.29) is 5.41 Å². The van der Waals surface area contributed by atoms with Crippen LogP contribution in [0, 0.1) is 5.41 Å². The number of allylic oxidation sites excluding steroid dienone is 2. The topological polar surface area (TPSA) is 17.1 Å². The molecule has 1 aliphatic carbocycles. The first kappa shape index (κ1) is 9.50. The van der Waals surface area contributed by atoms with E-state index in [1.807, 2.05) is 0 Å². The fourth-order valence-corrected chi connectivity index (χ4v) is 1.86. The molecular weight excluding hydrogens is 148 g/mol. The Morgan fingerprint density at radius 3 is 2.92 bits per heavy atom. The maximum atomic E-state index is 11.2. The first-order valence-corrected chi connectivity index (χ1v) is 4.86. The summed E-state index contributed by atoms with van der Waals surface area (Å²) in [5.74, 6) is 0.435. The third kappa shape index (κ3) is 2.47. The van der Waals surface area contributed by atoms with Crippen LogP contribution >= 0.6 is 0 Å². The lowest BCUT2D eigenvalue weighted by atomic mass is 9.75. The van der Waals surface area contributed by atoms with Crippen molar-refractivity contribution < 1.29 is 4.79 Å². The molecule has 0 aliphatic heterocycles. The average molecular weight is 166 g/mol. The van der Waals surface area contributed by atoms with Gasteiger partial charge in [0.1, 0.15) is 5.78 Å². The smallest absolute Gasteiger partial charge is 0.133 e. The van der Waals surface area contributed by atoms with E-state index in [1.165, 1.54) is 6.42 Å². The molecule has 0 radical (unpaired) electrons. The lowest BCUT2D eigenvalue weighted by Gasteiger charge is -2.29. The molecule has 1 heteroatoms. The van der Waals surface area contributed by atoms with Gasteiger partial charge in [0, 0.05) is 12.8 Å². The van der Waals surface area contributed by atoms with Gasteiger partial charge in [-0.05, 0) is 24.7 Å². The largest absolute Gasteiger partial charge is 0.300 e.